The molecule has 0 saturated heterocycles. The summed E-state index contributed by atoms with van der Waals surface area (Å²) >= 11 is 8.41. The summed E-state index contributed by atoms with van der Waals surface area (Å²) < 4.78 is 37.3. The van der Waals surface area contributed by atoms with Crippen molar-refractivity contribution in [1.82, 2.24) is 0 Å². The largest absolute Gasteiger partial charge is 0.417 e. The highest BCUT2D eigenvalue weighted by Gasteiger charge is 2.33. The van der Waals surface area contributed by atoms with Crippen LogP contribution in [0.3, 0.4) is 0 Å². The molecule has 0 N–H and O–H groups in total. The molecular weight excluding hydrogens is 280 g/mol. The van der Waals surface area contributed by atoms with Crippen LogP contribution in [0.4, 0.5) is 13.2 Å². The Morgan fingerprint density at radius 2 is 1.93 bits per heavy atom. The van der Waals surface area contributed by atoms with Gasteiger partial charge in [0, 0.05) is 10.4 Å². The van der Waals surface area contributed by atoms with Gasteiger partial charge in [0.2, 0.25) is 0 Å². The van der Waals surface area contributed by atoms with Crippen molar-refractivity contribution < 1.29 is 13.2 Å². The number of alkyl halides is 4. The first-order valence-electron chi connectivity index (χ1n) is 3.78. The van der Waals surface area contributed by atoms with Crippen LogP contribution in [-0.2, 0) is 12.1 Å². The summed E-state index contributed by atoms with van der Waals surface area (Å²) in [5, 5.41) is 0. The van der Waals surface area contributed by atoms with Gasteiger partial charge < -0.3 is 0 Å². The zero-order valence-corrected chi connectivity index (χ0v) is 9.59. The van der Waals surface area contributed by atoms with E-state index in [1.165, 1.54) is 6.07 Å². The van der Waals surface area contributed by atoms with E-state index >= 15 is 0 Å². The Labute approximate surface area is 93.2 Å². The lowest BCUT2D eigenvalue weighted by molar-refractivity contribution is -0.138. The minimum Gasteiger partial charge on any atom is -0.166 e. The monoisotopic (exact) mass is 286 g/mol. The van der Waals surface area contributed by atoms with E-state index in [0.29, 0.717) is 5.56 Å². The van der Waals surface area contributed by atoms with Gasteiger partial charge in [-0.2, -0.15) is 13.2 Å². The molecule has 1 rings (SSSR count). The van der Waals surface area contributed by atoms with Gasteiger partial charge in [-0.3, -0.25) is 0 Å². The van der Waals surface area contributed by atoms with E-state index in [-0.39, 0.29) is 10.4 Å². The molecule has 1 aromatic carbocycles. The van der Waals surface area contributed by atoms with Gasteiger partial charge in [-0.25, -0.2) is 0 Å². The van der Waals surface area contributed by atoms with E-state index in [1.807, 2.05) is 0 Å². The lowest BCUT2D eigenvalue weighted by Gasteiger charge is -2.12. The minimum atomic E-state index is -4.34. The number of hydrogen-bond acceptors (Lipinski definition) is 0. The topological polar surface area (TPSA) is 0 Å². The van der Waals surface area contributed by atoms with Crippen LogP contribution in [0.2, 0.25) is 0 Å². The molecule has 0 radical (unpaired) electrons. The van der Waals surface area contributed by atoms with Gasteiger partial charge in [-0.1, -0.05) is 15.9 Å². The molecule has 0 spiro atoms. The summed E-state index contributed by atoms with van der Waals surface area (Å²) in [5.41, 5.74) is 0.570. The van der Waals surface area contributed by atoms with Gasteiger partial charge in [0.1, 0.15) is 0 Å². The first-order chi connectivity index (χ1) is 6.36. The lowest BCUT2D eigenvalue weighted by Crippen LogP contribution is -2.07. The molecule has 0 aliphatic rings. The van der Waals surface area contributed by atoms with Gasteiger partial charge >= 0.3 is 6.18 Å². The third-order valence-corrected chi connectivity index (χ3v) is 2.82. The van der Waals surface area contributed by atoms with Crippen LogP contribution in [0.5, 0.6) is 0 Å². The van der Waals surface area contributed by atoms with Gasteiger partial charge in [-0.05, 0) is 30.2 Å². The van der Waals surface area contributed by atoms with Crippen molar-refractivity contribution in [3.63, 3.8) is 0 Å². The van der Waals surface area contributed by atoms with E-state index in [0.717, 1.165) is 11.6 Å². The fraction of sp³-hybridized carbons (Fsp3) is 0.333. The molecule has 0 bridgehead atoms. The highest BCUT2D eigenvalue weighted by Crippen LogP contribution is 2.36. The third-order valence-electron chi connectivity index (χ3n) is 1.87. The second kappa shape index (κ2) is 4.11. The quantitative estimate of drug-likeness (QED) is 0.666. The second-order valence-electron chi connectivity index (χ2n) is 2.89. The van der Waals surface area contributed by atoms with Crippen LogP contribution >= 0.6 is 27.5 Å². The molecule has 0 aliphatic carbocycles. The van der Waals surface area contributed by atoms with Crippen LogP contribution in [0.1, 0.15) is 16.7 Å². The second-order valence-corrected chi connectivity index (χ2v) is 4.01. The van der Waals surface area contributed by atoms with Crippen molar-refractivity contribution in [2.75, 3.05) is 0 Å². The molecule has 5 heteroatoms. The first kappa shape index (κ1) is 11.9. The van der Waals surface area contributed by atoms with E-state index in [4.69, 9.17) is 11.6 Å². The van der Waals surface area contributed by atoms with Crippen molar-refractivity contribution in [1.29, 1.82) is 0 Å². The maximum Gasteiger partial charge on any atom is 0.417 e. The smallest absolute Gasteiger partial charge is 0.166 e. The summed E-state index contributed by atoms with van der Waals surface area (Å²) in [6, 6.07) is 2.51. The maximum absolute atomic E-state index is 12.4. The average molecular weight is 288 g/mol. The molecule has 0 unspecified atom stereocenters. The van der Waals surface area contributed by atoms with Crippen molar-refractivity contribution in [2.24, 2.45) is 0 Å². The van der Waals surface area contributed by atoms with Crippen molar-refractivity contribution in [2.45, 2.75) is 19.0 Å². The highest BCUT2D eigenvalue weighted by atomic mass is 79.9. The average Bonchev–Trinajstić information content (AvgIpc) is 2.02. The summed E-state index contributed by atoms with van der Waals surface area (Å²) in [6.45, 7) is 1.72. The molecule has 1 aromatic rings. The maximum atomic E-state index is 12.4. The molecule has 0 heterocycles. The van der Waals surface area contributed by atoms with Crippen molar-refractivity contribution >= 4 is 27.5 Å². The predicted molar refractivity (Wildman–Crippen MR) is 53.4 cm³/mol. The summed E-state index contributed by atoms with van der Waals surface area (Å²) in [7, 11) is 0. The molecule has 0 aromatic heterocycles. The molecular formula is C9H7BrClF3. The Kier molecular flexibility index (Phi) is 3.48. The van der Waals surface area contributed by atoms with Crippen LogP contribution in [-0.4, -0.2) is 0 Å². The number of benzene rings is 1. The van der Waals surface area contributed by atoms with Crippen LogP contribution < -0.4 is 0 Å². The van der Waals surface area contributed by atoms with Crippen molar-refractivity contribution in [3.05, 3.63) is 33.3 Å². The highest BCUT2D eigenvalue weighted by molar-refractivity contribution is 9.10. The molecule has 0 amide bonds. The Bertz CT molecular complexity index is 347. The van der Waals surface area contributed by atoms with E-state index in [1.54, 1.807) is 6.92 Å². The Morgan fingerprint density at radius 3 is 2.36 bits per heavy atom. The third kappa shape index (κ3) is 2.42. The van der Waals surface area contributed by atoms with E-state index in [9.17, 15) is 13.2 Å². The zero-order valence-electron chi connectivity index (χ0n) is 7.25. The van der Waals surface area contributed by atoms with E-state index in [2.05, 4.69) is 15.9 Å². The molecule has 14 heavy (non-hydrogen) atoms. The standard InChI is InChI=1S/C9H7BrClF3/c1-5-2-8(10)7(9(12,13)14)3-6(5)4-11/h2-3H,4H2,1H3. The van der Waals surface area contributed by atoms with Gasteiger partial charge in [-0.15, -0.1) is 11.6 Å². The van der Waals surface area contributed by atoms with Gasteiger partial charge in [0.25, 0.3) is 0 Å². The molecule has 0 nitrogen and oxygen atoms in total. The number of aryl methyl sites for hydroxylation is 1. The number of rotatable bonds is 1. The van der Waals surface area contributed by atoms with E-state index < -0.39 is 11.7 Å². The zero-order chi connectivity index (χ0) is 10.9. The van der Waals surface area contributed by atoms with Crippen LogP contribution in [0.25, 0.3) is 0 Å². The first-order valence-corrected chi connectivity index (χ1v) is 5.11. The lowest BCUT2D eigenvalue weighted by atomic mass is 10.1. The Hall–Kier alpha value is -0.220. The summed E-state index contributed by atoms with van der Waals surface area (Å²) in [5.74, 6) is 0.0855. The van der Waals surface area contributed by atoms with Crippen molar-refractivity contribution in [3.8, 4) is 0 Å². The van der Waals surface area contributed by atoms with Crippen LogP contribution in [0, 0.1) is 6.92 Å². The van der Waals surface area contributed by atoms with Crippen LogP contribution in [0.15, 0.2) is 16.6 Å². The molecule has 78 valence electrons. The fourth-order valence-electron chi connectivity index (χ4n) is 1.08. The number of hydrogen-bond donors (Lipinski definition) is 0. The van der Waals surface area contributed by atoms with Gasteiger partial charge in [0.05, 0.1) is 5.56 Å². The Balaban J connectivity index is 3.32. The predicted octanol–water partition coefficient (Wildman–Crippen LogP) is 4.52. The molecule has 0 saturated carbocycles. The molecule has 0 aliphatic heterocycles. The minimum absolute atomic E-state index is 0.0522. The fourth-order valence-corrected chi connectivity index (χ4v) is 2.05. The molecule has 0 atom stereocenters. The SMILES string of the molecule is Cc1cc(Br)c(C(F)(F)F)cc1CCl. The normalized spacial score (nSPS) is 11.9. The van der Waals surface area contributed by atoms with Gasteiger partial charge in [0.15, 0.2) is 0 Å². The Morgan fingerprint density at radius 1 is 1.36 bits per heavy atom. The summed E-state index contributed by atoms with van der Waals surface area (Å²) in [4.78, 5) is 0. The molecule has 0 fully saturated rings. The summed E-state index contributed by atoms with van der Waals surface area (Å²) in [6.07, 6.45) is -4.34. The number of halogens is 5.